The largest absolute Gasteiger partial charge is 0.373 e. The maximum Gasteiger partial charge on any atom is 0.220 e. The third kappa shape index (κ3) is 3.74. The fourth-order valence-electron chi connectivity index (χ4n) is 4.62. The van der Waals surface area contributed by atoms with Crippen LogP contribution in [-0.4, -0.2) is 23.8 Å². The molecule has 1 amide bonds. The van der Waals surface area contributed by atoms with Crippen molar-refractivity contribution in [3.63, 3.8) is 0 Å². The van der Waals surface area contributed by atoms with Crippen molar-refractivity contribution in [2.24, 2.45) is 0 Å². The number of rotatable bonds is 4. The molecule has 0 aromatic heterocycles. The van der Waals surface area contributed by atoms with Gasteiger partial charge in [0.25, 0.3) is 0 Å². The number of halogens is 2. The van der Waals surface area contributed by atoms with E-state index in [9.17, 15) is 9.90 Å². The first-order valence-corrected chi connectivity index (χ1v) is 10.9. The van der Waals surface area contributed by atoms with Crippen LogP contribution in [0.2, 0.25) is 10.0 Å². The maximum atomic E-state index is 11.8. The first-order chi connectivity index (χ1) is 13.8. The van der Waals surface area contributed by atoms with Crippen LogP contribution in [0.4, 0.5) is 5.69 Å². The number of anilines is 1. The van der Waals surface area contributed by atoms with E-state index in [0.717, 1.165) is 37.1 Å². The van der Waals surface area contributed by atoms with E-state index in [4.69, 9.17) is 23.2 Å². The lowest BCUT2D eigenvalue weighted by atomic mass is 9.80. The van der Waals surface area contributed by atoms with Crippen LogP contribution < -0.4 is 10.2 Å². The van der Waals surface area contributed by atoms with E-state index < -0.39 is 11.6 Å². The molecule has 0 radical (unpaired) electrons. The van der Waals surface area contributed by atoms with Gasteiger partial charge in [-0.25, -0.2) is 0 Å². The lowest BCUT2D eigenvalue weighted by Gasteiger charge is -2.33. The van der Waals surface area contributed by atoms with Gasteiger partial charge in [0.2, 0.25) is 5.91 Å². The van der Waals surface area contributed by atoms with Gasteiger partial charge in [0.15, 0.2) is 0 Å². The fourth-order valence-corrected chi connectivity index (χ4v) is 5.15. The van der Waals surface area contributed by atoms with Crippen molar-refractivity contribution < 1.29 is 9.90 Å². The average Bonchev–Trinajstić information content (AvgIpc) is 3.22. The number of nitrogens with zero attached hydrogens (tertiary/aromatic N) is 1. The molecule has 3 unspecified atom stereocenters. The van der Waals surface area contributed by atoms with Crippen molar-refractivity contribution in [2.45, 2.75) is 57.2 Å². The number of hydrogen-bond acceptors (Lipinski definition) is 3. The van der Waals surface area contributed by atoms with Crippen LogP contribution >= 0.6 is 23.2 Å². The molecule has 0 spiro atoms. The quantitative estimate of drug-likeness (QED) is 0.714. The molecular weight excluding hydrogens is 407 g/mol. The van der Waals surface area contributed by atoms with E-state index >= 15 is 0 Å². The van der Waals surface area contributed by atoms with Crippen LogP contribution in [0.25, 0.3) is 0 Å². The molecule has 154 valence electrons. The predicted octanol–water partition coefficient (Wildman–Crippen LogP) is 4.99. The number of aliphatic hydroxyl groups is 1. The van der Waals surface area contributed by atoms with Crippen LogP contribution in [-0.2, 0) is 16.6 Å². The summed E-state index contributed by atoms with van der Waals surface area (Å²) >= 11 is 12.4. The highest BCUT2D eigenvalue weighted by Gasteiger charge is 2.45. The molecule has 2 aromatic carbocycles. The van der Waals surface area contributed by atoms with Gasteiger partial charge in [-0.05, 0) is 66.3 Å². The summed E-state index contributed by atoms with van der Waals surface area (Å²) in [6, 6.07) is 11.9. The summed E-state index contributed by atoms with van der Waals surface area (Å²) in [5.41, 5.74) is 3.94. The van der Waals surface area contributed by atoms with Crippen molar-refractivity contribution >= 4 is 34.8 Å². The number of hydrogen-bond donors (Lipinski definition) is 2. The molecule has 6 heteroatoms. The van der Waals surface area contributed by atoms with Gasteiger partial charge in [-0.3, -0.25) is 4.79 Å². The highest BCUT2D eigenvalue weighted by Crippen LogP contribution is 2.43. The van der Waals surface area contributed by atoms with Gasteiger partial charge in [-0.2, -0.15) is 0 Å². The zero-order valence-electron chi connectivity index (χ0n) is 16.7. The van der Waals surface area contributed by atoms with Crippen LogP contribution in [0, 0.1) is 0 Å². The summed E-state index contributed by atoms with van der Waals surface area (Å²) in [5, 5.41) is 15.5. The molecule has 2 aliphatic rings. The van der Waals surface area contributed by atoms with Gasteiger partial charge in [-0.1, -0.05) is 43.1 Å². The first kappa shape index (κ1) is 20.5. The molecule has 1 heterocycles. The third-order valence-corrected chi connectivity index (χ3v) is 6.89. The van der Waals surface area contributed by atoms with Crippen molar-refractivity contribution in [3.05, 3.63) is 63.1 Å². The second kappa shape index (κ2) is 7.82. The first-order valence-electron chi connectivity index (χ1n) is 10.2. The number of fused-ring (bicyclic) bond motifs is 1. The van der Waals surface area contributed by atoms with Gasteiger partial charge in [0.05, 0.1) is 6.04 Å². The molecule has 4 nitrogen and oxygen atoms in total. The molecule has 0 bridgehead atoms. The van der Waals surface area contributed by atoms with Gasteiger partial charge in [-0.15, -0.1) is 0 Å². The SMILES string of the molecule is CCC(=O)NC1CCc2cc(N3CCC(C)(c4cc(Cl)cc(Cl)c4)C3O)ccc21. The molecular formula is C23H26Cl2N2O2. The number of aliphatic hydroxyl groups excluding tert-OH is 1. The van der Waals surface area contributed by atoms with Gasteiger partial charge >= 0.3 is 0 Å². The highest BCUT2D eigenvalue weighted by atomic mass is 35.5. The van der Waals surface area contributed by atoms with E-state index in [0.29, 0.717) is 16.5 Å². The van der Waals surface area contributed by atoms with E-state index in [1.165, 1.54) is 11.1 Å². The van der Waals surface area contributed by atoms with Crippen LogP contribution in [0.1, 0.15) is 55.8 Å². The second-order valence-corrected chi connectivity index (χ2v) is 9.16. The molecule has 1 saturated heterocycles. The van der Waals surface area contributed by atoms with Crippen molar-refractivity contribution in [2.75, 3.05) is 11.4 Å². The Morgan fingerprint density at radius 1 is 1.24 bits per heavy atom. The van der Waals surface area contributed by atoms with E-state index in [1.807, 2.05) is 24.0 Å². The lowest BCUT2D eigenvalue weighted by Crippen LogP contribution is -2.40. The fraction of sp³-hybridized carbons (Fsp3) is 0.435. The number of carbonyl (C=O) groups excluding carboxylic acids is 1. The smallest absolute Gasteiger partial charge is 0.220 e. The zero-order chi connectivity index (χ0) is 20.8. The minimum Gasteiger partial charge on any atom is -0.373 e. The summed E-state index contributed by atoms with van der Waals surface area (Å²) in [6.07, 6.45) is 2.48. The Kier molecular flexibility index (Phi) is 5.54. The number of nitrogens with one attached hydrogen (secondary N) is 1. The molecule has 4 rings (SSSR count). The summed E-state index contributed by atoms with van der Waals surface area (Å²) in [7, 11) is 0. The Morgan fingerprint density at radius 2 is 1.97 bits per heavy atom. The van der Waals surface area contributed by atoms with Gasteiger partial charge < -0.3 is 15.3 Å². The second-order valence-electron chi connectivity index (χ2n) is 8.29. The van der Waals surface area contributed by atoms with E-state index in [1.54, 1.807) is 6.07 Å². The zero-order valence-corrected chi connectivity index (χ0v) is 18.2. The van der Waals surface area contributed by atoms with Crippen molar-refractivity contribution in [1.29, 1.82) is 0 Å². The normalized spacial score (nSPS) is 25.9. The molecule has 2 aromatic rings. The van der Waals surface area contributed by atoms with Crippen LogP contribution in [0.5, 0.6) is 0 Å². The Labute approximate surface area is 181 Å². The predicted molar refractivity (Wildman–Crippen MR) is 118 cm³/mol. The standard InChI is InChI=1S/C23H26Cl2N2O2/c1-3-21(28)26-20-7-4-14-10-18(5-6-19(14)20)27-9-8-23(2,22(27)29)15-11-16(24)13-17(25)12-15/h5-6,10-13,20,22,29H,3-4,7-9H2,1-2H3,(H,26,28). The summed E-state index contributed by atoms with van der Waals surface area (Å²) in [5.74, 6) is 0.0813. The minimum absolute atomic E-state index is 0.0813. The summed E-state index contributed by atoms with van der Waals surface area (Å²) in [4.78, 5) is 13.8. The minimum atomic E-state index is -0.674. The van der Waals surface area contributed by atoms with Crippen molar-refractivity contribution in [3.8, 4) is 0 Å². The topological polar surface area (TPSA) is 52.6 Å². The number of aryl methyl sites for hydroxylation is 1. The van der Waals surface area contributed by atoms with Crippen molar-refractivity contribution in [1.82, 2.24) is 5.32 Å². The van der Waals surface area contributed by atoms with Crippen LogP contribution in [0.3, 0.4) is 0 Å². The molecule has 3 atom stereocenters. The average molecular weight is 433 g/mol. The monoisotopic (exact) mass is 432 g/mol. The Hall–Kier alpha value is -1.75. The summed E-state index contributed by atoms with van der Waals surface area (Å²) in [6.45, 7) is 4.67. The third-order valence-electron chi connectivity index (χ3n) is 6.45. The number of carbonyl (C=O) groups is 1. The Balaban J connectivity index is 1.58. The molecule has 29 heavy (non-hydrogen) atoms. The maximum absolute atomic E-state index is 11.8. The van der Waals surface area contributed by atoms with Gasteiger partial charge in [0.1, 0.15) is 6.23 Å². The molecule has 1 fully saturated rings. The van der Waals surface area contributed by atoms with Gasteiger partial charge in [0, 0.05) is 34.1 Å². The van der Waals surface area contributed by atoms with Crippen LogP contribution in [0.15, 0.2) is 36.4 Å². The van der Waals surface area contributed by atoms with E-state index in [-0.39, 0.29) is 11.9 Å². The highest BCUT2D eigenvalue weighted by molar-refractivity contribution is 6.34. The number of amides is 1. The summed E-state index contributed by atoms with van der Waals surface area (Å²) < 4.78 is 0. The molecule has 1 aliphatic carbocycles. The Morgan fingerprint density at radius 3 is 2.66 bits per heavy atom. The Bertz CT molecular complexity index is 928. The molecule has 0 saturated carbocycles. The number of benzene rings is 2. The van der Waals surface area contributed by atoms with E-state index in [2.05, 4.69) is 30.4 Å². The molecule has 1 aliphatic heterocycles. The lowest BCUT2D eigenvalue weighted by molar-refractivity contribution is -0.121. The molecule has 2 N–H and O–H groups in total.